The highest BCUT2D eigenvalue weighted by molar-refractivity contribution is 6.31. The number of hydrogen-bond donors (Lipinski definition) is 2. The van der Waals surface area contributed by atoms with E-state index in [2.05, 4.69) is 20.8 Å². The lowest BCUT2D eigenvalue weighted by Crippen LogP contribution is -2.18. The summed E-state index contributed by atoms with van der Waals surface area (Å²) in [5.41, 5.74) is 9.09. The molecule has 1 heterocycles. The molecule has 3 N–H and O–H groups in total. The number of amidine groups is 1. The Balaban J connectivity index is 2.92. The quantitative estimate of drug-likeness (QED) is 0.614. The zero-order valence-corrected chi connectivity index (χ0v) is 12.4. The highest BCUT2D eigenvalue weighted by Crippen LogP contribution is 2.29. The normalized spacial score (nSPS) is 11.8. The molecule has 0 radical (unpaired) electrons. The number of hydrogen-bond acceptors (Lipinski definition) is 2. The fourth-order valence-electron chi connectivity index (χ4n) is 2.06. The molecule has 1 aromatic heterocycles. The lowest BCUT2D eigenvalue weighted by molar-refractivity contribution is 0.571. The summed E-state index contributed by atoms with van der Waals surface area (Å²) < 4.78 is 0. The average molecular weight is 276 g/mol. The van der Waals surface area contributed by atoms with E-state index in [0.717, 1.165) is 22.2 Å². The number of pyridine rings is 1. The molecule has 0 spiro atoms. The fourth-order valence-corrected chi connectivity index (χ4v) is 2.34. The molecular formula is C15H18ClN3. The predicted molar refractivity (Wildman–Crippen MR) is 81.2 cm³/mol. The molecule has 19 heavy (non-hydrogen) atoms. The minimum absolute atomic E-state index is 0.0413. The molecule has 2 aromatic rings. The molecule has 0 aliphatic heterocycles. The minimum atomic E-state index is -0.0928. The van der Waals surface area contributed by atoms with Crippen molar-refractivity contribution in [3.05, 3.63) is 40.0 Å². The molecular weight excluding hydrogens is 258 g/mol. The zero-order chi connectivity index (χ0) is 14.4. The van der Waals surface area contributed by atoms with Crippen LogP contribution >= 0.6 is 11.6 Å². The van der Waals surface area contributed by atoms with Crippen LogP contribution in [0.4, 0.5) is 0 Å². The average Bonchev–Trinajstić information content (AvgIpc) is 2.25. The lowest BCUT2D eigenvalue weighted by Gasteiger charge is -2.20. The molecule has 0 unspecified atom stereocenters. The lowest BCUT2D eigenvalue weighted by atomic mass is 9.89. The van der Waals surface area contributed by atoms with Gasteiger partial charge in [0.25, 0.3) is 0 Å². The molecule has 4 heteroatoms. The van der Waals surface area contributed by atoms with Crippen molar-refractivity contribution in [1.29, 1.82) is 5.41 Å². The highest BCUT2D eigenvalue weighted by atomic mass is 35.5. The van der Waals surface area contributed by atoms with Crippen molar-refractivity contribution in [2.75, 3.05) is 0 Å². The van der Waals surface area contributed by atoms with Gasteiger partial charge in [-0.05, 0) is 30.7 Å². The first kappa shape index (κ1) is 13.8. The van der Waals surface area contributed by atoms with Crippen molar-refractivity contribution in [3.63, 3.8) is 0 Å². The van der Waals surface area contributed by atoms with E-state index in [0.29, 0.717) is 10.6 Å². The molecule has 0 aliphatic carbocycles. The molecule has 0 saturated carbocycles. The summed E-state index contributed by atoms with van der Waals surface area (Å²) in [7, 11) is 0. The Kier molecular flexibility index (Phi) is 3.27. The minimum Gasteiger partial charge on any atom is -0.384 e. The first-order valence-corrected chi connectivity index (χ1v) is 6.53. The summed E-state index contributed by atoms with van der Waals surface area (Å²) in [6, 6.07) is 5.59. The zero-order valence-electron chi connectivity index (χ0n) is 11.6. The number of fused-ring (bicyclic) bond motifs is 1. The first-order valence-electron chi connectivity index (χ1n) is 6.16. The Labute approximate surface area is 118 Å². The number of nitrogens with two attached hydrogens (primary N) is 1. The second kappa shape index (κ2) is 4.49. The summed E-state index contributed by atoms with van der Waals surface area (Å²) in [5.74, 6) is 0.0413. The Bertz CT molecular complexity index is 669. The van der Waals surface area contributed by atoms with E-state index in [4.69, 9.17) is 27.7 Å². The van der Waals surface area contributed by atoms with Gasteiger partial charge in [0.2, 0.25) is 0 Å². The highest BCUT2D eigenvalue weighted by Gasteiger charge is 2.19. The molecule has 0 fully saturated rings. The summed E-state index contributed by atoms with van der Waals surface area (Å²) in [5, 5.41) is 9.24. The predicted octanol–water partition coefficient (Wildman–Crippen LogP) is 3.78. The summed E-state index contributed by atoms with van der Waals surface area (Å²) in [6.07, 6.45) is 0. The van der Waals surface area contributed by atoms with E-state index in [1.807, 2.05) is 25.1 Å². The molecule has 100 valence electrons. The molecule has 3 nitrogen and oxygen atoms in total. The van der Waals surface area contributed by atoms with Crippen molar-refractivity contribution in [3.8, 4) is 0 Å². The summed E-state index contributed by atoms with van der Waals surface area (Å²) in [6.45, 7) is 8.25. The van der Waals surface area contributed by atoms with Crippen LogP contribution in [0.15, 0.2) is 18.2 Å². The number of nitrogens with one attached hydrogen (secondary N) is 1. The van der Waals surface area contributed by atoms with Gasteiger partial charge in [-0.3, -0.25) is 10.4 Å². The van der Waals surface area contributed by atoms with Gasteiger partial charge in [0, 0.05) is 27.1 Å². The molecule has 0 amide bonds. The third-order valence-electron chi connectivity index (χ3n) is 3.13. The number of nitrogens with zero attached hydrogens (tertiary/aromatic N) is 1. The third-order valence-corrected chi connectivity index (χ3v) is 3.35. The molecule has 0 atom stereocenters. The number of aryl methyl sites for hydroxylation is 1. The van der Waals surface area contributed by atoms with Crippen molar-refractivity contribution in [2.24, 2.45) is 5.73 Å². The largest absolute Gasteiger partial charge is 0.384 e. The van der Waals surface area contributed by atoms with Crippen LogP contribution in [0.5, 0.6) is 0 Å². The smallest absolute Gasteiger partial charge is 0.123 e. The van der Waals surface area contributed by atoms with Crippen LogP contribution in [0, 0.1) is 12.3 Å². The van der Waals surface area contributed by atoms with Crippen LogP contribution in [0.3, 0.4) is 0 Å². The maximum Gasteiger partial charge on any atom is 0.123 e. The van der Waals surface area contributed by atoms with Crippen LogP contribution in [0.2, 0.25) is 5.02 Å². The molecule has 0 aliphatic rings. The number of halogens is 1. The third kappa shape index (κ3) is 2.56. The fraction of sp³-hybridized carbons (Fsp3) is 0.333. The Hall–Kier alpha value is -1.61. The van der Waals surface area contributed by atoms with Gasteiger partial charge in [0.1, 0.15) is 5.84 Å². The summed E-state index contributed by atoms with van der Waals surface area (Å²) in [4.78, 5) is 4.72. The van der Waals surface area contributed by atoms with Crippen LogP contribution in [0.25, 0.3) is 10.9 Å². The van der Waals surface area contributed by atoms with E-state index in [9.17, 15) is 0 Å². The van der Waals surface area contributed by atoms with Crippen LogP contribution in [0.1, 0.15) is 37.6 Å². The van der Waals surface area contributed by atoms with Crippen molar-refractivity contribution in [2.45, 2.75) is 33.1 Å². The van der Waals surface area contributed by atoms with Gasteiger partial charge in [0.05, 0.1) is 5.52 Å². The molecule has 0 saturated heterocycles. The molecule has 1 aromatic carbocycles. The SMILES string of the molecule is Cc1cc(Cl)cc2c(C(=N)N)cc(C(C)(C)C)nc12. The van der Waals surface area contributed by atoms with Gasteiger partial charge < -0.3 is 5.73 Å². The van der Waals surface area contributed by atoms with Gasteiger partial charge in [0.15, 0.2) is 0 Å². The second-order valence-corrected chi connectivity index (χ2v) is 6.27. The topological polar surface area (TPSA) is 62.8 Å². The van der Waals surface area contributed by atoms with Crippen LogP contribution < -0.4 is 5.73 Å². The Morgan fingerprint density at radius 1 is 1.26 bits per heavy atom. The van der Waals surface area contributed by atoms with Gasteiger partial charge >= 0.3 is 0 Å². The standard InChI is InChI=1S/C15H18ClN3/c1-8-5-9(16)6-10-11(14(17)18)7-12(15(2,3)4)19-13(8)10/h5-7H,1-4H3,(H3,17,18). The van der Waals surface area contributed by atoms with Gasteiger partial charge in [-0.15, -0.1) is 0 Å². The van der Waals surface area contributed by atoms with Crippen molar-refractivity contribution < 1.29 is 0 Å². The monoisotopic (exact) mass is 275 g/mol. The number of nitrogen functional groups attached to an aromatic ring is 1. The van der Waals surface area contributed by atoms with E-state index < -0.39 is 0 Å². The molecule has 0 bridgehead atoms. The van der Waals surface area contributed by atoms with E-state index in [-0.39, 0.29) is 11.3 Å². The molecule has 2 rings (SSSR count). The van der Waals surface area contributed by atoms with E-state index >= 15 is 0 Å². The van der Waals surface area contributed by atoms with E-state index in [1.165, 1.54) is 0 Å². The Morgan fingerprint density at radius 2 is 1.89 bits per heavy atom. The van der Waals surface area contributed by atoms with Crippen LogP contribution in [-0.2, 0) is 5.41 Å². The Morgan fingerprint density at radius 3 is 2.42 bits per heavy atom. The second-order valence-electron chi connectivity index (χ2n) is 5.84. The first-order chi connectivity index (χ1) is 8.70. The van der Waals surface area contributed by atoms with Gasteiger partial charge in [-0.25, -0.2) is 0 Å². The number of benzene rings is 1. The van der Waals surface area contributed by atoms with E-state index in [1.54, 1.807) is 0 Å². The maximum atomic E-state index is 7.77. The van der Waals surface area contributed by atoms with Crippen molar-refractivity contribution in [1.82, 2.24) is 4.98 Å². The number of aromatic nitrogens is 1. The van der Waals surface area contributed by atoms with Gasteiger partial charge in [-0.2, -0.15) is 0 Å². The maximum absolute atomic E-state index is 7.77. The number of rotatable bonds is 1. The van der Waals surface area contributed by atoms with Gasteiger partial charge in [-0.1, -0.05) is 32.4 Å². The summed E-state index contributed by atoms with van der Waals surface area (Å²) >= 11 is 6.09. The van der Waals surface area contributed by atoms with Crippen molar-refractivity contribution >= 4 is 28.3 Å². The van der Waals surface area contributed by atoms with Crippen LogP contribution in [-0.4, -0.2) is 10.8 Å².